The molecule has 0 radical (unpaired) electrons. The summed E-state index contributed by atoms with van der Waals surface area (Å²) < 4.78 is 4.93. The van der Waals surface area contributed by atoms with Crippen LogP contribution in [0.25, 0.3) is 0 Å². The lowest BCUT2D eigenvalue weighted by Gasteiger charge is -2.25. The predicted octanol–water partition coefficient (Wildman–Crippen LogP) is 1.69. The van der Waals surface area contributed by atoms with E-state index in [1.165, 1.54) is 18.9 Å². The predicted molar refractivity (Wildman–Crippen MR) is 50.9 cm³/mol. The number of piperidine rings is 1. The molecule has 14 heavy (non-hydrogen) atoms. The SMILES string of the molecule is O=C(Nc1ncco1)N1CCCCC1. The number of carbonyl (C=O) groups excluding carboxylic acids is 1. The highest BCUT2D eigenvalue weighted by Gasteiger charge is 2.17. The van der Waals surface area contributed by atoms with Crippen LogP contribution in [0.5, 0.6) is 0 Å². The number of nitrogens with one attached hydrogen (secondary N) is 1. The van der Waals surface area contributed by atoms with Gasteiger partial charge in [0.05, 0.1) is 6.20 Å². The number of urea groups is 1. The largest absolute Gasteiger partial charge is 0.432 e. The maximum absolute atomic E-state index is 11.6. The molecule has 2 rings (SSSR count). The average molecular weight is 195 g/mol. The summed E-state index contributed by atoms with van der Waals surface area (Å²) in [5, 5.41) is 2.60. The van der Waals surface area contributed by atoms with Gasteiger partial charge < -0.3 is 9.32 Å². The Kier molecular flexibility index (Phi) is 2.67. The van der Waals surface area contributed by atoms with Crippen LogP contribution in [0, 0.1) is 0 Å². The molecule has 0 atom stereocenters. The molecule has 0 saturated carbocycles. The second-order valence-electron chi connectivity index (χ2n) is 3.32. The first kappa shape index (κ1) is 9.05. The number of anilines is 1. The molecule has 0 spiro atoms. The first-order chi connectivity index (χ1) is 6.86. The standard InChI is InChI=1S/C9H13N3O2/c13-9(11-8-10-4-7-14-8)12-5-2-1-3-6-12/h4,7H,1-3,5-6H2,(H,10,11,13). The van der Waals surface area contributed by atoms with Crippen molar-refractivity contribution in [2.75, 3.05) is 18.4 Å². The Labute approximate surface area is 82.1 Å². The van der Waals surface area contributed by atoms with Crippen LogP contribution in [0.3, 0.4) is 0 Å². The number of aromatic nitrogens is 1. The average Bonchev–Trinajstić information content (AvgIpc) is 2.72. The molecule has 5 heteroatoms. The molecule has 2 heterocycles. The van der Waals surface area contributed by atoms with Crippen LogP contribution >= 0.6 is 0 Å². The topological polar surface area (TPSA) is 58.4 Å². The van der Waals surface area contributed by atoms with Gasteiger partial charge in [-0.05, 0) is 19.3 Å². The molecule has 1 aliphatic heterocycles. The molecule has 1 aromatic rings. The summed E-state index contributed by atoms with van der Waals surface area (Å²) >= 11 is 0. The van der Waals surface area contributed by atoms with Crippen LogP contribution < -0.4 is 5.32 Å². The Balaban J connectivity index is 1.88. The van der Waals surface area contributed by atoms with Crippen LogP contribution in [-0.2, 0) is 0 Å². The Morgan fingerprint density at radius 3 is 2.86 bits per heavy atom. The minimum atomic E-state index is -0.118. The van der Waals surface area contributed by atoms with E-state index < -0.39 is 0 Å². The fourth-order valence-corrected chi connectivity index (χ4v) is 1.55. The van der Waals surface area contributed by atoms with E-state index >= 15 is 0 Å². The maximum atomic E-state index is 11.6. The second-order valence-corrected chi connectivity index (χ2v) is 3.32. The molecule has 2 amide bonds. The molecule has 0 aromatic carbocycles. The zero-order valence-corrected chi connectivity index (χ0v) is 7.90. The molecular weight excluding hydrogens is 182 g/mol. The first-order valence-corrected chi connectivity index (χ1v) is 4.82. The van der Waals surface area contributed by atoms with E-state index in [0.29, 0.717) is 0 Å². The van der Waals surface area contributed by atoms with E-state index in [0.717, 1.165) is 25.9 Å². The Hall–Kier alpha value is -1.52. The smallest absolute Gasteiger partial charge is 0.325 e. The lowest BCUT2D eigenvalue weighted by Crippen LogP contribution is -2.38. The van der Waals surface area contributed by atoms with Crippen molar-refractivity contribution in [2.45, 2.75) is 19.3 Å². The first-order valence-electron chi connectivity index (χ1n) is 4.82. The molecular formula is C9H13N3O2. The zero-order valence-electron chi connectivity index (χ0n) is 7.90. The van der Waals surface area contributed by atoms with Crippen molar-refractivity contribution in [3.05, 3.63) is 12.5 Å². The van der Waals surface area contributed by atoms with Gasteiger partial charge in [-0.2, -0.15) is 0 Å². The highest BCUT2D eigenvalue weighted by Crippen LogP contribution is 2.10. The van der Waals surface area contributed by atoms with Crippen molar-refractivity contribution in [1.29, 1.82) is 0 Å². The lowest BCUT2D eigenvalue weighted by atomic mass is 10.1. The molecule has 1 N–H and O–H groups in total. The Bertz CT molecular complexity index is 291. The second kappa shape index (κ2) is 4.13. The molecule has 0 bridgehead atoms. The van der Waals surface area contributed by atoms with Gasteiger partial charge >= 0.3 is 12.0 Å². The normalized spacial score (nSPS) is 16.7. The van der Waals surface area contributed by atoms with Gasteiger partial charge in [0.1, 0.15) is 6.26 Å². The van der Waals surface area contributed by atoms with Crippen molar-refractivity contribution in [1.82, 2.24) is 9.88 Å². The van der Waals surface area contributed by atoms with Crippen molar-refractivity contribution in [3.63, 3.8) is 0 Å². The van der Waals surface area contributed by atoms with Crippen molar-refractivity contribution >= 4 is 12.0 Å². The van der Waals surface area contributed by atoms with Gasteiger partial charge in [0.2, 0.25) is 0 Å². The number of oxazole rings is 1. The van der Waals surface area contributed by atoms with Crippen LogP contribution in [0.2, 0.25) is 0 Å². The number of amides is 2. The van der Waals surface area contributed by atoms with Gasteiger partial charge in [-0.15, -0.1) is 0 Å². The van der Waals surface area contributed by atoms with Crippen LogP contribution in [0.15, 0.2) is 16.9 Å². The quantitative estimate of drug-likeness (QED) is 0.741. The molecule has 1 aromatic heterocycles. The number of hydrogen-bond donors (Lipinski definition) is 1. The van der Waals surface area contributed by atoms with E-state index in [9.17, 15) is 4.79 Å². The van der Waals surface area contributed by atoms with Crippen LogP contribution in [-0.4, -0.2) is 29.0 Å². The van der Waals surface area contributed by atoms with Gasteiger partial charge in [-0.1, -0.05) is 0 Å². The van der Waals surface area contributed by atoms with Crippen molar-refractivity contribution in [2.24, 2.45) is 0 Å². The van der Waals surface area contributed by atoms with E-state index in [-0.39, 0.29) is 12.0 Å². The lowest BCUT2D eigenvalue weighted by molar-refractivity contribution is 0.199. The summed E-state index contributed by atoms with van der Waals surface area (Å²) in [6, 6.07) is 0.146. The summed E-state index contributed by atoms with van der Waals surface area (Å²) in [6.45, 7) is 1.65. The third kappa shape index (κ3) is 2.04. The van der Waals surface area contributed by atoms with E-state index in [4.69, 9.17) is 4.42 Å². The molecule has 5 nitrogen and oxygen atoms in total. The zero-order chi connectivity index (χ0) is 9.80. The molecule has 1 saturated heterocycles. The fraction of sp³-hybridized carbons (Fsp3) is 0.556. The highest BCUT2D eigenvalue weighted by molar-refractivity contribution is 5.87. The monoisotopic (exact) mass is 195 g/mol. The van der Waals surface area contributed by atoms with Crippen LogP contribution in [0.1, 0.15) is 19.3 Å². The van der Waals surface area contributed by atoms with E-state index in [1.807, 2.05) is 0 Å². The summed E-state index contributed by atoms with van der Waals surface area (Å²) in [5.41, 5.74) is 0. The minimum Gasteiger partial charge on any atom is -0.432 e. The number of likely N-dealkylation sites (tertiary alicyclic amines) is 1. The molecule has 1 fully saturated rings. The number of nitrogens with zero attached hydrogens (tertiary/aromatic N) is 2. The number of rotatable bonds is 1. The summed E-state index contributed by atoms with van der Waals surface area (Å²) in [4.78, 5) is 17.2. The molecule has 0 aliphatic carbocycles. The van der Waals surface area contributed by atoms with Gasteiger partial charge in [0.25, 0.3) is 0 Å². The Morgan fingerprint density at radius 2 is 2.21 bits per heavy atom. The van der Waals surface area contributed by atoms with E-state index in [2.05, 4.69) is 10.3 Å². The third-order valence-corrected chi connectivity index (χ3v) is 2.29. The molecule has 1 aliphatic rings. The van der Waals surface area contributed by atoms with Gasteiger partial charge in [0.15, 0.2) is 0 Å². The summed E-state index contributed by atoms with van der Waals surface area (Å²) in [7, 11) is 0. The van der Waals surface area contributed by atoms with Crippen molar-refractivity contribution in [3.8, 4) is 0 Å². The van der Waals surface area contributed by atoms with Gasteiger partial charge in [-0.3, -0.25) is 5.32 Å². The third-order valence-electron chi connectivity index (χ3n) is 2.29. The highest BCUT2D eigenvalue weighted by atomic mass is 16.4. The van der Waals surface area contributed by atoms with Gasteiger partial charge in [0, 0.05) is 13.1 Å². The molecule has 76 valence electrons. The molecule has 0 unspecified atom stereocenters. The Morgan fingerprint density at radius 1 is 1.43 bits per heavy atom. The maximum Gasteiger partial charge on any atom is 0.325 e. The number of hydrogen-bond acceptors (Lipinski definition) is 3. The van der Waals surface area contributed by atoms with Gasteiger partial charge in [-0.25, -0.2) is 9.78 Å². The minimum absolute atomic E-state index is 0.118. The van der Waals surface area contributed by atoms with E-state index in [1.54, 1.807) is 4.90 Å². The summed E-state index contributed by atoms with van der Waals surface area (Å²) in [6.07, 6.45) is 6.32. The fourth-order valence-electron chi connectivity index (χ4n) is 1.55. The van der Waals surface area contributed by atoms with Crippen molar-refractivity contribution < 1.29 is 9.21 Å². The number of carbonyl (C=O) groups is 1. The van der Waals surface area contributed by atoms with Crippen LogP contribution in [0.4, 0.5) is 10.8 Å². The summed E-state index contributed by atoms with van der Waals surface area (Å²) in [5.74, 6) is 0.